The molecule has 17 heavy (non-hydrogen) atoms. The monoisotopic (exact) mass is 236 g/mol. The fourth-order valence-electron chi connectivity index (χ4n) is 2.05. The van der Waals surface area contributed by atoms with Crippen molar-refractivity contribution in [3.8, 4) is 5.75 Å². The van der Waals surface area contributed by atoms with E-state index in [-0.39, 0.29) is 6.61 Å². The van der Waals surface area contributed by atoms with Crippen LogP contribution in [-0.2, 0) is 0 Å². The van der Waals surface area contributed by atoms with Gasteiger partial charge in [-0.25, -0.2) is 0 Å². The Bertz CT molecular complexity index is 379. The van der Waals surface area contributed by atoms with Gasteiger partial charge in [-0.3, -0.25) is 0 Å². The number of nitrogens with two attached hydrogens (primary N) is 1. The van der Waals surface area contributed by atoms with Gasteiger partial charge in [0.2, 0.25) is 0 Å². The number of para-hydroxylation sites is 2. The molecule has 1 aromatic carbocycles. The number of nitrogens with zero attached hydrogens (tertiary/aromatic N) is 1. The lowest BCUT2D eigenvalue weighted by atomic mass is 10.0. The number of aliphatic hydroxyl groups excluding tert-OH is 1. The van der Waals surface area contributed by atoms with Crippen LogP contribution in [0.4, 0.5) is 5.69 Å². The molecule has 3 N–H and O–H groups in total. The highest BCUT2D eigenvalue weighted by Gasteiger charge is 2.24. The summed E-state index contributed by atoms with van der Waals surface area (Å²) in [5.41, 5.74) is 6.50. The van der Waals surface area contributed by atoms with Crippen molar-refractivity contribution in [1.29, 1.82) is 0 Å². The molecule has 0 radical (unpaired) electrons. The van der Waals surface area contributed by atoms with E-state index in [9.17, 15) is 5.11 Å². The third kappa shape index (κ3) is 2.90. The van der Waals surface area contributed by atoms with Crippen molar-refractivity contribution < 1.29 is 9.84 Å². The number of ether oxygens (including phenoxy) is 1. The van der Waals surface area contributed by atoms with Crippen LogP contribution in [0.5, 0.6) is 5.75 Å². The van der Waals surface area contributed by atoms with Gasteiger partial charge in [0.05, 0.1) is 24.4 Å². The molecule has 4 heteroatoms. The minimum absolute atomic E-state index is 0.0213. The second-order valence-electron chi connectivity index (χ2n) is 4.90. The first-order chi connectivity index (χ1) is 8.12. The molecular formula is C13H20N2O2. The smallest absolute Gasteiger partial charge is 0.142 e. The molecule has 0 saturated heterocycles. The maximum Gasteiger partial charge on any atom is 0.142 e. The third-order valence-corrected chi connectivity index (χ3v) is 2.95. The lowest BCUT2D eigenvalue weighted by molar-refractivity contribution is 0.211. The fourth-order valence-corrected chi connectivity index (χ4v) is 2.05. The lowest BCUT2D eigenvalue weighted by Gasteiger charge is -2.32. The maximum atomic E-state index is 9.26. The van der Waals surface area contributed by atoms with E-state index in [1.807, 2.05) is 31.2 Å². The van der Waals surface area contributed by atoms with Crippen LogP contribution in [0.15, 0.2) is 24.3 Å². The summed E-state index contributed by atoms with van der Waals surface area (Å²) in [5.74, 6) is 0.902. The summed E-state index contributed by atoms with van der Waals surface area (Å²) in [4.78, 5) is 2.19. The van der Waals surface area contributed by atoms with Gasteiger partial charge >= 0.3 is 0 Å². The molecule has 0 bridgehead atoms. The third-order valence-electron chi connectivity index (χ3n) is 2.95. The van der Waals surface area contributed by atoms with Gasteiger partial charge in [0, 0.05) is 13.1 Å². The molecule has 1 atom stereocenters. The van der Waals surface area contributed by atoms with Crippen LogP contribution in [0.1, 0.15) is 13.3 Å². The van der Waals surface area contributed by atoms with Crippen LogP contribution in [-0.4, -0.2) is 36.9 Å². The van der Waals surface area contributed by atoms with E-state index in [0.717, 1.165) is 31.0 Å². The number of hydrogen-bond acceptors (Lipinski definition) is 4. The minimum atomic E-state index is -0.586. The summed E-state index contributed by atoms with van der Waals surface area (Å²) in [5, 5.41) is 9.26. The van der Waals surface area contributed by atoms with Crippen LogP contribution >= 0.6 is 0 Å². The standard InChI is InChI=1S/C13H20N2O2/c1-13(14,10-16)9-15-7-4-8-17-12-6-3-2-5-11(12)15/h2-3,5-6,16H,4,7-10,14H2,1H3. The second-order valence-corrected chi connectivity index (χ2v) is 4.90. The summed E-state index contributed by atoms with van der Waals surface area (Å²) < 4.78 is 5.68. The fraction of sp³-hybridized carbons (Fsp3) is 0.538. The number of hydrogen-bond donors (Lipinski definition) is 2. The Morgan fingerprint density at radius 3 is 3.00 bits per heavy atom. The predicted octanol–water partition coefficient (Wildman–Crippen LogP) is 0.985. The Labute approximate surface area is 102 Å². The van der Waals surface area contributed by atoms with Crippen LogP contribution in [0.3, 0.4) is 0 Å². The average molecular weight is 236 g/mol. The Hall–Kier alpha value is -1.26. The summed E-state index contributed by atoms with van der Waals surface area (Å²) >= 11 is 0. The highest BCUT2D eigenvalue weighted by Crippen LogP contribution is 2.30. The van der Waals surface area contributed by atoms with Crippen molar-refractivity contribution in [2.75, 3.05) is 31.2 Å². The zero-order valence-corrected chi connectivity index (χ0v) is 10.2. The summed E-state index contributed by atoms with van der Waals surface area (Å²) in [7, 11) is 0. The highest BCUT2D eigenvalue weighted by molar-refractivity contribution is 5.59. The topological polar surface area (TPSA) is 58.7 Å². The van der Waals surface area contributed by atoms with Crippen molar-refractivity contribution in [2.45, 2.75) is 18.9 Å². The summed E-state index contributed by atoms with van der Waals surface area (Å²) in [6.07, 6.45) is 0.968. The quantitative estimate of drug-likeness (QED) is 0.821. The number of aliphatic hydroxyl groups is 1. The largest absolute Gasteiger partial charge is 0.491 e. The minimum Gasteiger partial charge on any atom is -0.491 e. The molecule has 0 spiro atoms. The first-order valence-corrected chi connectivity index (χ1v) is 5.99. The Morgan fingerprint density at radius 2 is 2.24 bits per heavy atom. The normalized spacial score (nSPS) is 18.9. The number of rotatable bonds is 3. The van der Waals surface area contributed by atoms with Gasteiger partial charge in [0.15, 0.2) is 0 Å². The Kier molecular flexibility index (Phi) is 3.54. The van der Waals surface area contributed by atoms with Crippen molar-refractivity contribution in [3.63, 3.8) is 0 Å². The number of anilines is 1. The van der Waals surface area contributed by atoms with Gasteiger partial charge in [-0.1, -0.05) is 12.1 Å². The van der Waals surface area contributed by atoms with Crippen molar-refractivity contribution in [2.24, 2.45) is 5.73 Å². The molecular weight excluding hydrogens is 216 g/mol. The molecule has 1 aliphatic heterocycles. The van der Waals surface area contributed by atoms with E-state index >= 15 is 0 Å². The van der Waals surface area contributed by atoms with Crippen molar-refractivity contribution in [1.82, 2.24) is 0 Å². The summed E-state index contributed by atoms with van der Waals surface area (Å²) in [6.45, 7) is 4.11. The van der Waals surface area contributed by atoms with Gasteiger partial charge < -0.3 is 20.5 Å². The maximum absolute atomic E-state index is 9.26. The molecule has 94 valence electrons. The molecule has 2 rings (SSSR count). The zero-order valence-electron chi connectivity index (χ0n) is 10.2. The molecule has 0 aliphatic carbocycles. The average Bonchev–Trinajstić information content (AvgIpc) is 2.52. The van der Waals surface area contributed by atoms with Crippen molar-refractivity contribution >= 4 is 5.69 Å². The molecule has 0 aromatic heterocycles. The lowest BCUT2D eigenvalue weighted by Crippen LogP contribution is -2.51. The first-order valence-electron chi connectivity index (χ1n) is 5.99. The van der Waals surface area contributed by atoms with E-state index in [1.54, 1.807) is 0 Å². The zero-order chi connectivity index (χ0) is 12.3. The van der Waals surface area contributed by atoms with Gasteiger partial charge in [-0.15, -0.1) is 0 Å². The number of benzene rings is 1. The SMILES string of the molecule is CC(N)(CO)CN1CCCOc2ccccc21. The number of fused-ring (bicyclic) bond motifs is 1. The van der Waals surface area contributed by atoms with Gasteiger partial charge in [-0.05, 0) is 25.5 Å². The van der Waals surface area contributed by atoms with Crippen LogP contribution in [0.2, 0.25) is 0 Å². The van der Waals surface area contributed by atoms with E-state index < -0.39 is 5.54 Å². The van der Waals surface area contributed by atoms with Gasteiger partial charge in [-0.2, -0.15) is 0 Å². The van der Waals surface area contributed by atoms with Crippen LogP contribution in [0, 0.1) is 0 Å². The Balaban J connectivity index is 2.23. The van der Waals surface area contributed by atoms with Crippen LogP contribution in [0.25, 0.3) is 0 Å². The van der Waals surface area contributed by atoms with Crippen LogP contribution < -0.4 is 15.4 Å². The molecule has 0 saturated carbocycles. The first kappa shape index (κ1) is 12.2. The summed E-state index contributed by atoms with van der Waals surface area (Å²) in [6, 6.07) is 7.97. The van der Waals surface area contributed by atoms with E-state index in [4.69, 9.17) is 10.5 Å². The molecule has 0 fully saturated rings. The molecule has 4 nitrogen and oxygen atoms in total. The van der Waals surface area contributed by atoms with E-state index in [0.29, 0.717) is 6.54 Å². The molecule has 1 aliphatic rings. The second kappa shape index (κ2) is 4.94. The van der Waals surface area contributed by atoms with Gasteiger partial charge in [0.25, 0.3) is 0 Å². The van der Waals surface area contributed by atoms with E-state index in [2.05, 4.69) is 4.90 Å². The molecule has 1 unspecified atom stereocenters. The van der Waals surface area contributed by atoms with Crippen molar-refractivity contribution in [3.05, 3.63) is 24.3 Å². The van der Waals surface area contributed by atoms with Gasteiger partial charge in [0.1, 0.15) is 5.75 Å². The molecule has 1 aromatic rings. The molecule has 0 amide bonds. The highest BCUT2D eigenvalue weighted by atomic mass is 16.5. The molecule has 1 heterocycles. The predicted molar refractivity (Wildman–Crippen MR) is 68.4 cm³/mol. The Morgan fingerprint density at radius 1 is 1.47 bits per heavy atom. The van der Waals surface area contributed by atoms with E-state index in [1.165, 1.54) is 0 Å².